The van der Waals surface area contributed by atoms with Gasteiger partial charge in [-0.2, -0.15) is 0 Å². The highest BCUT2D eigenvalue weighted by Crippen LogP contribution is 2.22. The fraction of sp³-hybridized carbons (Fsp3) is 0.111. The van der Waals surface area contributed by atoms with Crippen LogP contribution in [0, 0.1) is 12.7 Å². The molecule has 0 aliphatic heterocycles. The Morgan fingerprint density at radius 2 is 2.04 bits per heavy atom. The van der Waals surface area contributed by atoms with Crippen molar-refractivity contribution in [3.05, 3.63) is 77.9 Å². The number of Topliss-reactive ketones (excluding diaryl/α,β-unsaturated/α-hetero) is 1. The van der Waals surface area contributed by atoms with Crippen molar-refractivity contribution in [2.24, 2.45) is 0 Å². The van der Waals surface area contributed by atoms with Gasteiger partial charge in [-0.3, -0.25) is 9.36 Å². The number of aryl methyl sites for hydroxylation is 1. The van der Waals surface area contributed by atoms with Gasteiger partial charge in [0, 0.05) is 18.1 Å². The van der Waals surface area contributed by atoms with Crippen molar-refractivity contribution in [3.63, 3.8) is 0 Å². The van der Waals surface area contributed by atoms with Crippen molar-refractivity contribution in [1.82, 2.24) is 9.55 Å². The van der Waals surface area contributed by atoms with Crippen LogP contribution in [0.3, 0.4) is 0 Å². The number of imidazole rings is 1. The molecule has 0 saturated carbocycles. The second kappa shape index (κ2) is 6.79. The standard InChI is InChI=1S/C18H15FN2OS/c1-13-5-4-6-14(11-13)21-10-9-20-18(21)23-12-17(22)15-7-2-3-8-16(15)19/h2-11H,12H2,1H3. The minimum atomic E-state index is -0.486. The normalized spacial score (nSPS) is 10.7. The topological polar surface area (TPSA) is 34.9 Å². The lowest BCUT2D eigenvalue weighted by molar-refractivity contribution is 0.101. The number of aromatic nitrogens is 2. The predicted molar refractivity (Wildman–Crippen MR) is 89.8 cm³/mol. The molecule has 1 heterocycles. The van der Waals surface area contributed by atoms with Crippen LogP contribution in [0.15, 0.2) is 66.1 Å². The Bertz CT molecular complexity index is 844. The Morgan fingerprint density at radius 1 is 1.22 bits per heavy atom. The zero-order valence-corrected chi connectivity index (χ0v) is 13.4. The predicted octanol–water partition coefficient (Wildman–Crippen LogP) is 4.29. The van der Waals surface area contributed by atoms with Gasteiger partial charge >= 0.3 is 0 Å². The molecule has 0 spiro atoms. The van der Waals surface area contributed by atoms with E-state index in [1.165, 1.54) is 23.9 Å². The maximum atomic E-state index is 13.6. The number of halogens is 1. The summed E-state index contributed by atoms with van der Waals surface area (Å²) in [5, 5.41) is 0.709. The van der Waals surface area contributed by atoms with Crippen LogP contribution in [0.25, 0.3) is 5.69 Å². The van der Waals surface area contributed by atoms with E-state index >= 15 is 0 Å². The first kappa shape index (κ1) is 15.5. The van der Waals surface area contributed by atoms with E-state index in [9.17, 15) is 9.18 Å². The number of benzene rings is 2. The molecule has 0 aliphatic rings. The fourth-order valence-electron chi connectivity index (χ4n) is 2.27. The van der Waals surface area contributed by atoms with Crippen LogP contribution in [0.5, 0.6) is 0 Å². The van der Waals surface area contributed by atoms with E-state index in [0.717, 1.165) is 11.3 Å². The van der Waals surface area contributed by atoms with Crippen LogP contribution >= 0.6 is 11.8 Å². The molecule has 0 atom stereocenters. The summed E-state index contributed by atoms with van der Waals surface area (Å²) in [4.78, 5) is 16.5. The average Bonchev–Trinajstić information content (AvgIpc) is 3.01. The molecule has 23 heavy (non-hydrogen) atoms. The molecule has 116 valence electrons. The van der Waals surface area contributed by atoms with E-state index in [1.54, 1.807) is 18.3 Å². The highest BCUT2D eigenvalue weighted by Gasteiger charge is 2.13. The number of ketones is 1. The van der Waals surface area contributed by atoms with Crippen LogP contribution in [-0.4, -0.2) is 21.1 Å². The average molecular weight is 326 g/mol. The molecular weight excluding hydrogens is 311 g/mol. The summed E-state index contributed by atoms with van der Waals surface area (Å²) in [7, 11) is 0. The molecule has 0 aliphatic carbocycles. The molecule has 0 N–H and O–H groups in total. The van der Waals surface area contributed by atoms with Crippen LogP contribution in [0.2, 0.25) is 0 Å². The van der Waals surface area contributed by atoms with E-state index in [1.807, 2.05) is 42.0 Å². The van der Waals surface area contributed by atoms with E-state index in [2.05, 4.69) is 4.98 Å². The molecule has 0 radical (unpaired) electrons. The third-order valence-electron chi connectivity index (χ3n) is 3.39. The lowest BCUT2D eigenvalue weighted by Gasteiger charge is -2.08. The van der Waals surface area contributed by atoms with Crippen molar-refractivity contribution in [1.29, 1.82) is 0 Å². The van der Waals surface area contributed by atoms with Gasteiger partial charge in [0.2, 0.25) is 0 Å². The number of nitrogens with zero attached hydrogens (tertiary/aromatic N) is 2. The van der Waals surface area contributed by atoms with Crippen molar-refractivity contribution in [2.75, 3.05) is 5.75 Å². The molecule has 1 aromatic heterocycles. The summed E-state index contributed by atoms with van der Waals surface area (Å²) in [6.07, 6.45) is 3.54. The zero-order chi connectivity index (χ0) is 16.2. The van der Waals surface area contributed by atoms with E-state index < -0.39 is 5.82 Å². The van der Waals surface area contributed by atoms with E-state index in [0.29, 0.717) is 5.16 Å². The second-order valence-corrected chi connectivity index (χ2v) is 6.05. The van der Waals surface area contributed by atoms with Gasteiger partial charge in [-0.15, -0.1) is 0 Å². The maximum Gasteiger partial charge on any atom is 0.176 e. The second-order valence-electron chi connectivity index (χ2n) is 5.11. The van der Waals surface area contributed by atoms with Gasteiger partial charge in [0.25, 0.3) is 0 Å². The third-order valence-corrected chi connectivity index (χ3v) is 4.36. The molecule has 0 saturated heterocycles. The van der Waals surface area contributed by atoms with Gasteiger partial charge < -0.3 is 0 Å². The van der Waals surface area contributed by atoms with E-state index in [4.69, 9.17) is 0 Å². The van der Waals surface area contributed by atoms with Gasteiger partial charge in [-0.05, 0) is 36.8 Å². The molecular formula is C18H15FN2OS. The highest BCUT2D eigenvalue weighted by atomic mass is 32.2. The van der Waals surface area contributed by atoms with E-state index in [-0.39, 0.29) is 17.1 Å². The Kier molecular flexibility index (Phi) is 4.57. The molecule has 5 heteroatoms. The molecule has 2 aromatic carbocycles. The molecule has 3 aromatic rings. The summed E-state index contributed by atoms with van der Waals surface area (Å²) < 4.78 is 15.6. The van der Waals surface area contributed by atoms with Crippen molar-refractivity contribution >= 4 is 17.5 Å². The Labute approximate surface area is 138 Å². The Hall–Kier alpha value is -2.40. The minimum Gasteiger partial charge on any atom is -0.295 e. The third kappa shape index (κ3) is 3.51. The van der Waals surface area contributed by atoms with Gasteiger partial charge in [0.05, 0.1) is 11.3 Å². The number of thioether (sulfide) groups is 1. The molecule has 0 fully saturated rings. The van der Waals surface area contributed by atoms with Crippen LogP contribution < -0.4 is 0 Å². The van der Waals surface area contributed by atoms with Gasteiger partial charge in [-0.25, -0.2) is 9.37 Å². The SMILES string of the molecule is Cc1cccc(-n2ccnc2SCC(=O)c2ccccc2F)c1. The van der Waals surface area contributed by atoms with Crippen molar-refractivity contribution in [3.8, 4) is 5.69 Å². The van der Waals surface area contributed by atoms with Crippen LogP contribution in [0.4, 0.5) is 4.39 Å². The lowest BCUT2D eigenvalue weighted by Crippen LogP contribution is -2.06. The number of hydrogen-bond donors (Lipinski definition) is 0. The zero-order valence-electron chi connectivity index (χ0n) is 12.6. The van der Waals surface area contributed by atoms with Gasteiger partial charge in [-0.1, -0.05) is 36.0 Å². The largest absolute Gasteiger partial charge is 0.295 e. The summed E-state index contributed by atoms with van der Waals surface area (Å²) in [5.41, 5.74) is 2.26. The first-order chi connectivity index (χ1) is 11.1. The number of hydrogen-bond acceptors (Lipinski definition) is 3. The fourth-order valence-corrected chi connectivity index (χ4v) is 3.12. The quantitative estimate of drug-likeness (QED) is 0.518. The highest BCUT2D eigenvalue weighted by molar-refractivity contribution is 7.99. The molecule has 3 nitrogen and oxygen atoms in total. The van der Waals surface area contributed by atoms with Gasteiger partial charge in [0.15, 0.2) is 10.9 Å². The molecule has 0 amide bonds. The van der Waals surface area contributed by atoms with Gasteiger partial charge in [0.1, 0.15) is 5.82 Å². The first-order valence-corrected chi connectivity index (χ1v) is 8.14. The number of carbonyl (C=O) groups is 1. The number of carbonyl (C=O) groups excluding carboxylic acids is 1. The first-order valence-electron chi connectivity index (χ1n) is 7.16. The summed E-state index contributed by atoms with van der Waals surface area (Å²) >= 11 is 1.30. The summed E-state index contributed by atoms with van der Waals surface area (Å²) in [6, 6.07) is 14.1. The monoisotopic (exact) mass is 326 g/mol. The maximum absolute atomic E-state index is 13.6. The molecule has 3 rings (SSSR count). The molecule has 0 unspecified atom stereocenters. The summed E-state index contributed by atoms with van der Waals surface area (Å²) in [5.74, 6) is -0.587. The number of rotatable bonds is 5. The smallest absolute Gasteiger partial charge is 0.176 e. The van der Waals surface area contributed by atoms with Crippen LogP contribution in [-0.2, 0) is 0 Å². The van der Waals surface area contributed by atoms with Crippen molar-refractivity contribution in [2.45, 2.75) is 12.1 Å². The van der Waals surface area contributed by atoms with Crippen molar-refractivity contribution < 1.29 is 9.18 Å². The summed E-state index contributed by atoms with van der Waals surface area (Å²) in [6.45, 7) is 2.02. The Balaban J connectivity index is 1.76. The minimum absolute atomic E-state index is 0.119. The Morgan fingerprint density at radius 3 is 2.83 bits per heavy atom. The lowest BCUT2D eigenvalue weighted by atomic mass is 10.1. The van der Waals surface area contributed by atoms with Crippen LogP contribution in [0.1, 0.15) is 15.9 Å². The molecule has 0 bridgehead atoms.